The number of nitrogens with zero attached hydrogens (tertiary/aromatic N) is 1. The van der Waals surface area contributed by atoms with E-state index >= 15 is 0 Å². The second-order valence-electron chi connectivity index (χ2n) is 4.83. The molecule has 1 aliphatic rings. The number of carboxylic acids is 1. The summed E-state index contributed by atoms with van der Waals surface area (Å²) in [6, 6.07) is 0. The summed E-state index contributed by atoms with van der Waals surface area (Å²) < 4.78 is 5.25. The van der Waals surface area contributed by atoms with Gasteiger partial charge in [-0.3, -0.25) is 9.59 Å². The van der Waals surface area contributed by atoms with Gasteiger partial charge in [-0.1, -0.05) is 0 Å². The Labute approximate surface area is 102 Å². The largest absolute Gasteiger partial charge is 0.481 e. The normalized spacial score (nSPS) is 26.6. The highest BCUT2D eigenvalue weighted by Gasteiger charge is 2.40. The summed E-state index contributed by atoms with van der Waals surface area (Å²) in [5.41, 5.74) is -0.820. The van der Waals surface area contributed by atoms with E-state index in [4.69, 9.17) is 9.84 Å². The first kappa shape index (κ1) is 14.0. The maximum Gasteiger partial charge on any atom is 0.311 e. The summed E-state index contributed by atoms with van der Waals surface area (Å²) in [6.07, 6.45) is 0.860. The van der Waals surface area contributed by atoms with Gasteiger partial charge in [0.15, 0.2) is 0 Å². The van der Waals surface area contributed by atoms with Crippen molar-refractivity contribution in [1.29, 1.82) is 0 Å². The van der Waals surface area contributed by atoms with E-state index in [2.05, 4.69) is 0 Å². The molecule has 0 aromatic rings. The lowest BCUT2D eigenvalue weighted by atomic mass is 9.82. The highest BCUT2D eigenvalue weighted by Crippen LogP contribution is 2.30. The molecule has 2 unspecified atom stereocenters. The van der Waals surface area contributed by atoms with Gasteiger partial charge in [0.2, 0.25) is 0 Å². The van der Waals surface area contributed by atoms with Crippen molar-refractivity contribution < 1.29 is 19.4 Å². The third-order valence-corrected chi connectivity index (χ3v) is 3.29. The molecular formula is C12H21NO4. The van der Waals surface area contributed by atoms with Crippen molar-refractivity contribution in [2.75, 3.05) is 19.7 Å². The number of piperidine rings is 1. The number of hydrogen-bond donors (Lipinski definition) is 1. The number of carbonyl (C=O) groups excluding carboxylic acids is 1. The second-order valence-corrected chi connectivity index (χ2v) is 4.83. The van der Waals surface area contributed by atoms with Crippen LogP contribution in [0.4, 0.5) is 0 Å². The molecule has 1 aliphatic heterocycles. The zero-order valence-corrected chi connectivity index (χ0v) is 10.7. The molecule has 1 heterocycles. The molecule has 0 radical (unpaired) electrons. The summed E-state index contributed by atoms with van der Waals surface area (Å²) in [6.45, 7) is 6.62. The Morgan fingerprint density at radius 2 is 2.18 bits per heavy atom. The van der Waals surface area contributed by atoms with Crippen LogP contribution in [0.1, 0.15) is 33.6 Å². The van der Waals surface area contributed by atoms with Crippen LogP contribution >= 0.6 is 0 Å². The Hall–Kier alpha value is -1.10. The Kier molecular flexibility index (Phi) is 4.51. The smallest absolute Gasteiger partial charge is 0.311 e. The summed E-state index contributed by atoms with van der Waals surface area (Å²) >= 11 is 0. The van der Waals surface area contributed by atoms with Crippen LogP contribution < -0.4 is 0 Å². The Morgan fingerprint density at radius 1 is 1.53 bits per heavy atom. The summed E-state index contributed by atoms with van der Waals surface area (Å²) in [7, 11) is 0. The molecule has 0 saturated carbocycles. The van der Waals surface area contributed by atoms with Crippen LogP contribution in [-0.2, 0) is 14.3 Å². The molecule has 1 amide bonds. The standard InChI is InChI=1S/C12H21NO4/c1-4-17-9(2)10(14)13-7-5-6-12(3,8-13)11(15)16/h9H,4-8H2,1-3H3,(H,15,16). The number of hydrogen-bond acceptors (Lipinski definition) is 3. The lowest BCUT2D eigenvalue weighted by Crippen LogP contribution is -2.51. The first-order valence-corrected chi connectivity index (χ1v) is 6.04. The van der Waals surface area contributed by atoms with E-state index in [0.29, 0.717) is 19.6 Å². The van der Waals surface area contributed by atoms with Gasteiger partial charge < -0.3 is 14.7 Å². The molecule has 5 nitrogen and oxygen atoms in total. The van der Waals surface area contributed by atoms with Gasteiger partial charge in [0.1, 0.15) is 6.10 Å². The van der Waals surface area contributed by atoms with Crippen molar-refractivity contribution in [3.8, 4) is 0 Å². The predicted molar refractivity (Wildman–Crippen MR) is 62.6 cm³/mol. The van der Waals surface area contributed by atoms with E-state index in [1.807, 2.05) is 6.92 Å². The topological polar surface area (TPSA) is 66.8 Å². The fourth-order valence-electron chi connectivity index (χ4n) is 2.18. The maximum absolute atomic E-state index is 12.0. The molecule has 0 bridgehead atoms. The zero-order chi connectivity index (χ0) is 13.1. The minimum Gasteiger partial charge on any atom is -0.481 e. The SMILES string of the molecule is CCOC(C)C(=O)N1CCCC(C)(C(=O)O)C1. The fraction of sp³-hybridized carbons (Fsp3) is 0.833. The number of amides is 1. The van der Waals surface area contributed by atoms with Gasteiger partial charge in [0.25, 0.3) is 5.91 Å². The van der Waals surface area contributed by atoms with Crippen LogP contribution in [0.15, 0.2) is 0 Å². The number of aliphatic carboxylic acids is 1. The Balaban J connectivity index is 2.66. The molecule has 2 atom stereocenters. The van der Waals surface area contributed by atoms with Gasteiger partial charge in [-0.25, -0.2) is 0 Å². The van der Waals surface area contributed by atoms with E-state index in [-0.39, 0.29) is 12.5 Å². The molecular weight excluding hydrogens is 222 g/mol. The average Bonchev–Trinajstić information content (AvgIpc) is 2.28. The lowest BCUT2D eigenvalue weighted by molar-refractivity contribution is -0.156. The molecule has 1 rings (SSSR count). The molecule has 0 aromatic carbocycles. The first-order valence-electron chi connectivity index (χ1n) is 6.04. The van der Waals surface area contributed by atoms with Crippen molar-refractivity contribution >= 4 is 11.9 Å². The third kappa shape index (κ3) is 3.19. The van der Waals surface area contributed by atoms with E-state index < -0.39 is 17.5 Å². The Morgan fingerprint density at radius 3 is 2.71 bits per heavy atom. The lowest BCUT2D eigenvalue weighted by Gasteiger charge is -2.38. The highest BCUT2D eigenvalue weighted by atomic mass is 16.5. The molecule has 0 aromatic heterocycles. The minimum absolute atomic E-state index is 0.112. The molecule has 98 valence electrons. The van der Waals surface area contributed by atoms with E-state index in [0.717, 1.165) is 6.42 Å². The molecule has 5 heteroatoms. The molecule has 1 saturated heterocycles. The van der Waals surface area contributed by atoms with Crippen molar-refractivity contribution in [2.45, 2.75) is 39.7 Å². The molecule has 1 N–H and O–H groups in total. The van der Waals surface area contributed by atoms with E-state index in [9.17, 15) is 9.59 Å². The van der Waals surface area contributed by atoms with Crippen molar-refractivity contribution in [3.63, 3.8) is 0 Å². The first-order chi connectivity index (χ1) is 7.90. The van der Waals surface area contributed by atoms with Gasteiger partial charge >= 0.3 is 5.97 Å². The number of rotatable bonds is 4. The number of carbonyl (C=O) groups is 2. The van der Waals surface area contributed by atoms with Crippen molar-refractivity contribution in [1.82, 2.24) is 4.90 Å². The summed E-state index contributed by atoms with van der Waals surface area (Å²) in [5.74, 6) is -0.946. The fourth-order valence-corrected chi connectivity index (χ4v) is 2.18. The van der Waals surface area contributed by atoms with Gasteiger partial charge in [0.05, 0.1) is 5.41 Å². The van der Waals surface area contributed by atoms with Crippen LogP contribution in [0.25, 0.3) is 0 Å². The minimum atomic E-state index is -0.834. The second kappa shape index (κ2) is 5.49. The van der Waals surface area contributed by atoms with E-state index in [1.165, 1.54) is 0 Å². The number of ether oxygens (including phenoxy) is 1. The van der Waals surface area contributed by atoms with Crippen LogP contribution in [0.3, 0.4) is 0 Å². The van der Waals surface area contributed by atoms with Crippen LogP contribution in [0, 0.1) is 5.41 Å². The number of carboxylic acid groups (broad SMARTS) is 1. The predicted octanol–water partition coefficient (Wildman–Crippen LogP) is 1.12. The van der Waals surface area contributed by atoms with Gasteiger partial charge in [-0.05, 0) is 33.6 Å². The van der Waals surface area contributed by atoms with Gasteiger partial charge in [-0.2, -0.15) is 0 Å². The Bertz CT molecular complexity index is 305. The summed E-state index contributed by atoms with van der Waals surface area (Å²) in [4.78, 5) is 24.8. The summed E-state index contributed by atoms with van der Waals surface area (Å²) in [5, 5.41) is 9.17. The third-order valence-electron chi connectivity index (χ3n) is 3.29. The van der Waals surface area contributed by atoms with Crippen LogP contribution in [-0.4, -0.2) is 47.7 Å². The van der Waals surface area contributed by atoms with Gasteiger partial charge in [0, 0.05) is 19.7 Å². The average molecular weight is 243 g/mol. The van der Waals surface area contributed by atoms with Crippen LogP contribution in [0.2, 0.25) is 0 Å². The number of likely N-dealkylation sites (tertiary alicyclic amines) is 1. The quantitative estimate of drug-likeness (QED) is 0.803. The maximum atomic E-state index is 12.0. The van der Waals surface area contributed by atoms with E-state index in [1.54, 1.807) is 18.7 Å². The molecule has 1 fully saturated rings. The zero-order valence-electron chi connectivity index (χ0n) is 10.7. The van der Waals surface area contributed by atoms with Crippen molar-refractivity contribution in [2.24, 2.45) is 5.41 Å². The monoisotopic (exact) mass is 243 g/mol. The highest BCUT2D eigenvalue weighted by molar-refractivity contribution is 5.82. The van der Waals surface area contributed by atoms with Gasteiger partial charge in [-0.15, -0.1) is 0 Å². The molecule has 0 spiro atoms. The van der Waals surface area contributed by atoms with Crippen molar-refractivity contribution in [3.05, 3.63) is 0 Å². The van der Waals surface area contributed by atoms with Crippen LogP contribution in [0.5, 0.6) is 0 Å². The molecule has 17 heavy (non-hydrogen) atoms. The molecule has 0 aliphatic carbocycles.